The molecule has 194 valence electrons. The molecule has 5 rings (SSSR count). The molecule has 2 N–H and O–H groups in total. The first-order valence-electron chi connectivity index (χ1n) is 11.5. The molecule has 0 aliphatic heterocycles. The van der Waals surface area contributed by atoms with Crippen LogP contribution in [0.1, 0.15) is 26.4 Å². The third-order valence-electron chi connectivity index (χ3n) is 5.77. The molecule has 0 atom stereocenters. The number of rotatable bonds is 6. The largest absolute Gasteiger partial charge is 0.422 e. The number of nitrogens with one attached hydrogen (secondary N) is 2. The summed E-state index contributed by atoms with van der Waals surface area (Å²) in [4.78, 5) is 29.2. The van der Waals surface area contributed by atoms with Crippen LogP contribution in [-0.2, 0) is 0 Å². The second-order valence-electron chi connectivity index (χ2n) is 8.30. The number of nitrogens with zero attached hydrogens (tertiary/aromatic N) is 1. The molecule has 39 heavy (non-hydrogen) atoms. The Hall–Kier alpha value is -3.43. The van der Waals surface area contributed by atoms with Crippen LogP contribution in [0, 0.1) is 0 Å². The van der Waals surface area contributed by atoms with Crippen LogP contribution in [0.5, 0.6) is 5.75 Å². The molecule has 0 saturated heterocycles. The first-order chi connectivity index (χ1) is 18.8. The Kier molecular flexibility index (Phi) is 8.18. The van der Waals surface area contributed by atoms with Crippen molar-refractivity contribution >= 4 is 84.1 Å². The number of fused-ring (bicyclic) bond motifs is 1. The first-order valence-corrected chi connectivity index (χ1v) is 13.8. The van der Waals surface area contributed by atoms with E-state index >= 15 is 0 Å². The van der Waals surface area contributed by atoms with Crippen LogP contribution in [0.4, 0.5) is 0 Å². The topological polar surface area (TPSA) is 83.5 Å². The summed E-state index contributed by atoms with van der Waals surface area (Å²) in [5.74, 6) is -0.846. The van der Waals surface area contributed by atoms with Crippen LogP contribution < -0.4 is 10.2 Å². The van der Waals surface area contributed by atoms with Gasteiger partial charge in [-0.1, -0.05) is 85.4 Å². The molecule has 10 heteroatoms. The van der Waals surface area contributed by atoms with E-state index in [-0.39, 0.29) is 16.3 Å². The van der Waals surface area contributed by atoms with Crippen LogP contribution in [-0.4, -0.2) is 23.1 Å². The SMILES string of the molecule is O=C(Oc1ccc(Br)cc1C=NNC(=O)c1[nH]c2ccc(Br)cc2c1-c1ccccc1Cl)c1ccccc1Cl. The van der Waals surface area contributed by atoms with Crippen molar-refractivity contribution in [3.8, 4) is 16.9 Å². The predicted octanol–water partition coefficient (Wildman–Crippen LogP) is 8.65. The zero-order chi connectivity index (χ0) is 27.5. The van der Waals surface area contributed by atoms with Gasteiger partial charge in [-0.05, 0) is 54.6 Å². The van der Waals surface area contributed by atoms with Crippen molar-refractivity contribution in [3.63, 3.8) is 0 Å². The van der Waals surface area contributed by atoms with E-state index < -0.39 is 11.9 Å². The molecule has 0 saturated carbocycles. The molecule has 5 aromatic rings. The number of benzene rings is 4. The minimum absolute atomic E-state index is 0.232. The van der Waals surface area contributed by atoms with Gasteiger partial charge in [0.25, 0.3) is 5.91 Å². The molecule has 1 heterocycles. The van der Waals surface area contributed by atoms with Crippen LogP contribution in [0.2, 0.25) is 10.0 Å². The molecule has 6 nitrogen and oxygen atoms in total. The standard InChI is InChI=1S/C29H17Br2Cl2N3O3/c30-17-10-12-25(39-29(38)20-6-2-4-8-23(20)33)16(13-17)15-34-36-28(37)27-26(19-5-1-3-7-22(19)32)21-14-18(31)9-11-24(21)35-27/h1-15,35H,(H,36,37). The van der Waals surface area contributed by atoms with Crippen LogP contribution >= 0.6 is 55.1 Å². The third-order valence-corrected chi connectivity index (χ3v) is 7.41. The number of hydrogen-bond donors (Lipinski definition) is 2. The number of carbonyl (C=O) groups excluding carboxylic acids is 2. The summed E-state index contributed by atoms with van der Waals surface area (Å²) in [6.45, 7) is 0. The lowest BCUT2D eigenvalue weighted by Gasteiger charge is -2.09. The van der Waals surface area contributed by atoms with Crippen molar-refractivity contribution in [1.82, 2.24) is 10.4 Å². The highest BCUT2D eigenvalue weighted by atomic mass is 79.9. The lowest BCUT2D eigenvalue weighted by Crippen LogP contribution is -2.19. The van der Waals surface area contributed by atoms with E-state index in [0.717, 1.165) is 19.8 Å². The van der Waals surface area contributed by atoms with E-state index in [9.17, 15) is 9.59 Å². The van der Waals surface area contributed by atoms with Gasteiger partial charge in [-0.15, -0.1) is 0 Å². The van der Waals surface area contributed by atoms with Gasteiger partial charge >= 0.3 is 5.97 Å². The highest BCUT2D eigenvalue weighted by molar-refractivity contribution is 9.10. The molecule has 0 bridgehead atoms. The molecule has 1 amide bonds. The Morgan fingerprint density at radius 1 is 0.872 bits per heavy atom. The Balaban J connectivity index is 1.44. The van der Waals surface area contributed by atoms with Crippen molar-refractivity contribution in [2.24, 2.45) is 5.10 Å². The smallest absolute Gasteiger partial charge is 0.345 e. The molecule has 0 aliphatic carbocycles. The number of halogens is 4. The number of esters is 1. The molecular formula is C29H17Br2Cl2N3O3. The van der Waals surface area contributed by atoms with E-state index in [1.807, 2.05) is 36.4 Å². The summed E-state index contributed by atoms with van der Waals surface area (Å²) < 4.78 is 7.17. The zero-order valence-corrected chi connectivity index (χ0v) is 24.5. The number of H-pyrrole nitrogens is 1. The second-order valence-corrected chi connectivity index (χ2v) is 10.9. The maximum atomic E-state index is 13.3. The van der Waals surface area contributed by atoms with E-state index in [1.54, 1.807) is 48.5 Å². The number of amides is 1. The molecular weight excluding hydrogens is 669 g/mol. The van der Waals surface area contributed by atoms with E-state index in [2.05, 4.69) is 47.4 Å². The molecule has 0 fully saturated rings. The second kappa shape index (κ2) is 11.8. The Morgan fingerprint density at radius 3 is 2.33 bits per heavy atom. The van der Waals surface area contributed by atoms with Gasteiger partial charge in [-0.25, -0.2) is 10.2 Å². The monoisotopic (exact) mass is 683 g/mol. The summed E-state index contributed by atoms with van der Waals surface area (Å²) in [5.41, 5.74) is 5.68. The fraction of sp³-hybridized carbons (Fsp3) is 0. The van der Waals surface area contributed by atoms with Crippen molar-refractivity contribution < 1.29 is 14.3 Å². The summed E-state index contributed by atoms with van der Waals surface area (Å²) in [7, 11) is 0. The van der Waals surface area contributed by atoms with Gasteiger partial charge < -0.3 is 9.72 Å². The fourth-order valence-corrected chi connectivity index (χ4v) is 5.17. The van der Waals surface area contributed by atoms with Gasteiger partial charge in [0.15, 0.2) is 0 Å². The molecule has 0 aliphatic rings. The van der Waals surface area contributed by atoms with Crippen molar-refractivity contribution in [1.29, 1.82) is 0 Å². The van der Waals surface area contributed by atoms with Crippen LogP contribution in [0.3, 0.4) is 0 Å². The molecule has 0 radical (unpaired) electrons. The number of ether oxygens (including phenoxy) is 1. The maximum absolute atomic E-state index is 13.3. The maximum Gasteiger partial charge on any atom is 0.345 e. The van der Waals surface area contributed by atoms with Gasteiger partial charge in [0.1, 0.15) is 11.4 Å². The summed E-state index contributed by atoms with van der Waals surface area (Å²) in [5, 5.41) is 5.75. The van der Waals surface area contributed by atoms with Crippen molar-refractivity contribution in [2.75, 3.05) is 0 Å². The van der Waals surface area contributed by atoms with Gasteiger partial charge in [0.05, 0.1) is 16.8 Å². The first kappa shape index (κ1) is 27.1. The Labute approximate surface area is 250 Å². The fourth-order valence-electron chi connectivity index (χ4n) is 3.99. The number of carbonyl (C=O) groups is 2. The average Bonchev–Trinajstić information content (AvgIpc) is 3.29. The van der Waals surface area contributed by atoms with Gasteiger partial charge in [0.2, 0.25) is 0 Å². The third kappa shape index (κ3) is 5.94. The van der Waals surface area contributed by atoms with E-state index in [1.165, 1.54) is 6.21 Å². The van der Waals surface area contributed by atoms with Crippen molar-refractivity contribution in [3.05, 3.63) is 121 Å². The summed E-state index contributed by atoms with van der Waals surface area (Å²) in [6, 6.07) is 24.6. The predicted molar refractivity (Wildman–Crippen MR) is 162 cm³/mol. The summed E-state index contributed by atoms with van der Waals surface area (Å²) >= 11 is 19.6. The number of hydrazone groups is 1. The number of aromatic amines is 1. The van der Waals surface area contributed by atoms with E-state index in [4.69, 9.17) is 27.9 Å². The van der Waals surface area contributed by atoms with Gasteiger partial charge in [0, 0.05) is 41.6 Å². The van der Waals surface area contributed by atoms with Gasteiger partial charge in [-0.3, -0.25) is 4.79 Å². The highest BCUT2D eigenvalue weighted by Crippen LogP contribution is 2.37. The Morgan fingerprint density at radius 2 is 1.56 bits per heavy atom. The van der Waals surface area contributed by atoms with E-state index in [0.29, 0.717) is 27.4 Å². The minimum atomic E-state index is -0.616. The molecule has 4 aromatic carbocycles. The molecule has 0 spiro atoms. The lowest BCUT2D eigenvalue weighted by atomic mass is 10.0. The van der Waals surface area contributed by atoms with Crippen LogP contribution in [0.15, 0.2) is 99.0 Å². The van der Waals surface area contributed by atoms with Crippen molar-refractivity contribution in [2.45, 2.75) is 0 Å². The number of hydrogen-bond acceptors (Lipinski definition) is 4. The molecule has 0 unspecified atom stereocenters. The zero-order valence-electron chi connectivity index (χ0n) is 19.8. The Bertz CT molecular complexity index is 1770. The average molecular weight is 686 g/mol. The molecule has 1 aromatic heterocycles. The minimum Gasteiger partial charge on any atom is -0.422 e. The lowest BCUT2D eigenvalue weighted by molar-refractivity contribution is 0.0734. The van der Waals surface area contributed by atoms with Gasteiger partial charge in [-0.2, -0.15) is 5.10 Å². The normalized spacial score (nSPS) is 11.2. The quantitative estimate of drug-likeness (QED) is 0.0812. The summed E-state index contributed by atoms with van der Waals surface area (Å²) in [6.07, 6.45) is 1.40. The highest BCUT2D eigenvalue weighted by Gasteiger charge is 2.21. The van der Waals surface area contributed by atoms with Crippen LogP contribution in [0.25, 0.3) is 22.0 Å². The number of aromatic nitrogens is 1.